The summed E-state index contributed by atoms with van der Waals surface area (Å²) in [4.78, 5) is 3.13. The molecule has 106 valence electrons. The molecule has 0 saturated heterocycles. The molecule has 2 heteroatoms. The number of fused-ring (bicyclic) bond motifs is 1. The summed E-state index contributed by atoms with van der Waals surface area (Å²) in [5, 5.41) is 3.73. The predicted molar refractivity (Wildman–Crippen MR) is 87.4 cm³/mol. The second-order valence-corrected chi connectivity index (χ2v) is 6.99. The predicted octanol–water partition coefficient (Wildman–Crippen LogP) is 5.04. The van der Waals surface area contributed by atoms with E-state index in [1.54, 1.807) is 10.4 Å². The van der Waals surface area contributed by atoms with E-state index >= 15 is 0 Å². The van der Waals surface area contributed by atoms with Gasteiger partial charge >= 0.3 is 0 Å². The molecule has 1 aliphatic rings. The van der Waals surface area contributed by atoms with E-state index in [4.69, 9.17) is 0 Å². The van der Waals surface area contributed by atoms with Gasteiger partial charge < -0.3 is 5.32 Å². The quantitative estimate of drug-likeness (QED) is 0.830. The van der Waals surface area contributed by atoms with Gasteiger partial charge in [-0.2, -0.15) is 0 Å². The SMILES string of the molecule is CC(N[C@H](C)c1ccccc1)c1cc2c(s1)CCCC2. The van der Waals surface area contributed by atoms with Crippen molar-refractivity contribution in [3.8, 4) is 0 Å². The molecule has 0 bridgehead atoms. The molecule has 3 rings (SSSR count). The van der Waals surface area contributed by atoms with E-state index in [-0.39, 0.29) is 0 Å². The van der Waals surface area contributed by atoms with Gasteiger partial charge in [0.1, 0.15) is 0 Å². The van der Waals surface area contributed by atoms with Crippen molar-refractivity contribution < 1.29 is 0 Å². The molecule has 1 aliphatic carbocycles. The average Bonchev–Trinajstić information content (AvgIpc) is 2.92. The molecule has 2 aromatic rings. The Labute approximate surface area is 126 Å². The molecular weight excluding hydrogens is 262 g/mol. The van der Waals surface area contributed by atoms with Crippen molar-refractivity contribution in [3.05, 3.63) is 57.3 Å². The first kappa shape index (κ1) is 13.8. The van der Waals surface area contributed by atoms with Crippen LogP contribution < -0.4 is 5.32 Å². The lowest BCUT2D eigenvalue weighted by molar-refractivity contribution is 0.500. The third-order valence-electron chi connectivity index (χ3n) is 4.24. The summed E-state index contributed by atoms with van der Waals surface area (Å²) in [5.41, 5.74) is 2.97. The van der Waals surface area contributed by atoms with Crippen LogP contribution in [0.4, 0.5) is 0 Å². The molecule has 0 fully saturated rings. The van der Waals surface area contributed by atoms with Gasteiger partial charge in [-0.3, -0.25) is 0 Å². The first-order chi connectivity index (χ1) is 9.74. The van der Waals surface area contributed by atoms with Crippen LogP contribution in [0, 0.1) is 0 Å². The van der Waals surface area contributed by atoms with Crippen molar-refractivity contribution in [2.75, 3.05) is 0 Å². The summed E-state index contributed by atoms with van der Waals surface area (Å²) in [7, 11) is 0. The van der Waals surface area contributed by atoms with Crippen molar-refractivity contribution in [1.82, 2.24) is 5.32 Å². The highest BCUT2D eigenvalue weighted by molar-refractivity contribution is 7.12. The minimum atomic E-state index is 0.394. The lowest BCUT2D eigenvalue weighted by Gasteiger charge is -2.19. The Morgan fingerprint density at radius 2 is 1.75 bits per heavy atom. The molecular formula is C18H23NS. The number of rotatable bonds is 4. The molecule has 0 aliphatic heterocycles. The van der Waals surface area contributed by atoms with E-state index < -0.39 is 0 Å². The maximum Gasteiger partial charge on any atom is 0.0391 e. The number of nitrogens with one attached hydrogen (secondary N) is 1. The van der Waals surface area contributed by atoms with Gasteiger partial charge in [-0.05, 0) is 56.7 Å². The molecule has 0 spiro atoms. The zero-order valence-electron chi connectivity index (χ0n) is 12.4. The highest BCUT2D eigenvalue weighted by Gasteiger charge is 2.17. The topological polar surface area (TPSA) is 12.0 Å². The van der Waals surface area contributed by atoms with Gasteiger partial charge in [0.05, 0.1) is 0 Å². The zero-order valence-corrected chi connectivity index (χ0v) is 13.2. The van der Waals surface area contributed by atoms with E-state index in [1.165, 1.54) is 36.1 Å². The lowest BCUT2D eigenvalue weighted by Crippen LogP contribution is -2.21. The number of benzene rings is 1. The lowest BCUT2D eigenvalue weighted by atomic mass is 9.99. The maximum atomic E-state index is 3.73. The summed E-state index contributed by atoms with van der Waals surface area (Å²) >= 11 is 2.02. The zero-order chi connectivity index (χ0) is 13.9. The van der Waals surface area contributed by atoms with E-state index in [9.17, 15) is 0 Å². The van der Waals surface area contributed by atoms with Crippen LogP contribution in [0.1, 0.15) is 59.7 Å². The second-order valence-electron chi connectivity index (χ2n) is 5.83. The minimum absolute atomic E-state index is 0.394. The van der Waals surface area contributed by atoms with Crippen molar-refractivity contribution in [2.45, 2.75) is 51.6 Å². The fourth-order valence-electron chi connectivity index (χ4n) is 3.02. The summed E-state index contributed by atoms with van der Waals surface area (Å²) in [6.45, 7) is 4.54. The Balaban J connectivity index is 1.70. The summed E-state index contributed by atoms with van der Waals surface area (Å²) in [6.07, 6.45) is 5.31. The number of aryl methyl sites for hydroxylation is 2. The van der Waals surface area contributed by atoms with E-state index in [1.807, 2.05) is 11.3 Å². The van der Waals surface area contributed by atoms with Crippen molar-refractivity contribution >= 4 is 11.3 Å². The van der Waals surface area contributed by atoms with Gasteiger partial charge in [0.25, 0.3) is 0 Å². The molecule has 0 saturated carbocycles. The van der Waals surface area contributed by atoms with Gasteiger partial charge in [-0.1, -0.05) is 30.3 Å². The van der Waals surface area contributed by atoms with Crippen LogP contribution in [0.3, 0.4) is 0 Å². The summed E-state index contributed by atoms with van der Waals surface area (Å²) in [5.74, 6) is 0. The molecule has 1 heterocycles. The minimum Gasteiger partial charge on any atom is -0.303 e. The van der Waals surface area contributed by atoms with Gasteiger partial charge in [0, 0.05) is 21.8 Å². The normalized spacial score (nSPS) is 17.5. The van der Waals surface area contributed by atoms with Crippen molar-refractivity contribution in [1.29, 1.82) is 0 Å². The number of hydrogen-bond donors (Lipinski definition) is 1. The van der Waals surface area contributed by atoms with Crippen LogP contribution in [0.25, 0.3) is 0 Å². The monoisotopic (exact) mass is 285 g/mol. The third-order valence-corrected chi connectivity index (χ3v) is 5.66. The second kappa shape index (κ2) is 6.11. The summed E-state index contributed by atoms with van der Waals surface area (Å²) in [6, 6.07) is 14.0. The van der Waals surface area contributed by atoms with E-state index in [2.05, 4.69) is 55.6 Å². The fraction of sp³-hybridized carbons (Fsp3) is 0.444. The van der Waals surface area contributed by atoms with Crippen LogP contribution in [0.5, 0.6) is 0 Å². The van der Waals surface area contributed by atoms with E-state index in [0.717, 1.165) is 0 Å². The van der Waals surface area contributed by atoms with Gasteiger partial charge in [0.15, 0.2) is 0 Å². The fourth-order valence-corrected chi connectivity index (χ4v) is 4.29. The van der Waals surface area contributed by atoms with E-state index in [0.29, 0.717) is 12.1 Å². The third kappa shape index (κ3) is 2.97. The molecule has 1 aromatic heterocycles. The van der Waals surface area contributed by atoms with Crippen LogP contribution in [-0.2, 0) is 12.8 Å². The van der Waals surface area contributed by atoms with Gasteiger partial charge in [-0.15, -0.1) is 11.3 Å². The Bertz CT molecular complexity index is 535. The van der Waals surface area contributed by atoms with Crippen LogP contribution in [0.15, 0.2) is 36.4 Å². The maximum absolute atomic E-state index is 3.73. The van der Waals surface area contributed by atoms with Crippen LogP contribution in [0.2, 0.25) is 0 Å². The molecule has 20 heavy (non-hydrogen) atoms. The smallest absolute Gasteiger partial charge is 0.0391 e. The summed E-state index contributed by atoms with van der Waals surface area (Å²) < 4.78 is 0. The first-order valence-corrected chi connectivity index (χ1v) is 8.48. The first-order valence-electron chi connectivity index (χ1n) is 7.66. The van der Waals surface area contributed by atoms with Gasteiger partial charge in [0.2, 0.25) is 0 Å². The molecule has 2 atom stereocenters. The molecule has 1 nitrogen and oxygen atoms in total. The van der Waals surface area contributed by atoms with Crippen molar-refractivity contribution in [2.24, 2.45) is 0 Å². The average molecular weight is 285 g/mol. The molecule has 0 radical (unpaired) electrons. The number of hydrogen-bond acceptors (Lipinski definition) is 2. The number of thiophene rings is 1. The largest absolute Gasteiger partial charge is 0.303 e. The Hall–Kier alpha value is -1.12. The van der Waals surface area contributed by atoms with Gasteiger partial charge in [-0.25, -0.2) is 0 Å². The molecule has 1 aromatic carbocycles. The standard InChI is InChI=1S/C18H23NS/c1-13(15-8-4-3-5-9-15)19-14(2)18-12-16-10-6-7-11-17(16)20-18/h3-5,8-9,12-14,19H,6-7,10-11H2,1-2H3/t13-,14?/m1/s1. The molecule has 1 N–H and O–H groups in total. The Morgan fingerprint density at radius 1 is 1.00 bits per heavy atom. The van der Waals surface area contributed by atoms with Crippen LogP contribution >= 0.6 is 11.3 Å². The highest BCUT2D eigenvalue weighted by Crippen LogP contribution is 2.33. The molecule has 1 unspecified atom stereocenters. The molecule has 0 amide bonds. The van der Waals surface area contributed by atoms with Crippen molar-refractivity contribution in [3.63, 3.8) is 0 Å². The Morgan fingerprint density at radius 3 is 2.50 bits per heavy atom. The Kier molecular flexibility index (Phi) is 4.23. The van der Waals surface area contributed by atoms with Crippen LogP contribution in [-0.4, -0.2) is 0 Å². The highest BCUT2D eigenvalue weighted by atomic mass is 32.1.